The molecule has 0 saturated heterocycles. The lowest BCUT2D eigenvalue weighted by molar-refractivity contribution is -0.137. The number of hydrogen-bond acceptors (Lipinski definition) is 3. The smallest absolute Gasteiger partial charge is 0.418 e. The number of ether oxygens (including phenoxy) is 1. The van der Waals surface area contributed by atoms with Crippen LogP contribution in [0, 0.1) is 0 Å². The highest BCUT2D eigenvalue weighted by molar-refractivity contribution is 5.96. The topological polar surface area (TPSA) is 58.6 Å². The van der Waals surface area contributed by atoms with Crippen LogP contribution in [0.3, 0.4) is 0 Å². The summed E-state index contributed by atoms with van der Waals surface area (Å²) < 4.78 is 44.6. The van der Waals surface area contributed by atoms with Crippen LogP contribution in [0.4, 0.5) is 18.9 Å². The van der Waals surface area contributed by atoms with E-state index in [0.717, 1.165) is 28.2 Å². The molecule has 168 valence electrons. The second-order valence-corrected chi connectivity index (χ2v) is 7.48. The Kier molecular flexibility index (Phi) is 6.72. The lowest BCUT2D eigenvalue weighted by Crippen LogP contribution is -2.37. The molecule has 0 aliphatic rings. The lowest BCUT2D eigenvalue weighted by Gasteiger charge is -2.22. The molecule has 0 aromatic heterocycles. The molecule has 3 aromatic carbocycles. The monoisotopic (exact) mass is 444 g/mol. The molecule has 0 aliphatic heterocycles. The Morgan fingerprint density at radius 1 is 1.03 bits per heavy atom. The molecule has 0 spiro atoms. The van der Waals surface area contributed by atoms with Crippen molar-refractivity contribution in [2.75, 3.05) is 26.0 Å². The Balaban J connectivity index is 1.69. The van der Waals surface area contributed by atoms with Crippen molar-refractivity contribution in [1.82, 2.24) is 4.90 Å². The average molecular weight is 444 g/mol. The van der Waals surface area contributed by atoms with E-state index in [2.05, 4.69) is 5.32 Å². The normalized spacial score (nSPS) is 12.3. The van der Waals surface area contributed by atoms with E-state index in [-0.39, 0.29) is 18.1 Å². The van der Waals surface area contributed by atoms with Crippen LogP contribution in [0.2, 0.25) is 0 Å². The maximum atomic E-state index is 13.1. The summed E-state index contributed by atoms with van der Waals surface area (Å²) in [5, 5.41) is 4.15. The zero-order valence-electron chi connectivity index (χ0n) is 17.9. The number of anilines is 1. The molecule has 3 aromatic rings. The predicted molar refractivity (Wildman–Crippen MR) is 117 cm³/mol. The third kappa shape index (κ3) is 5.19. The largest absolute Gasteiger partial charge is 0.497 e. The number of halogens is 3. The molecular formula is C24H23F3N2O3. The van der Waals surface area contributed by atoms with Gasteiger partial charge in [-0.15, -0.1) is 0 Å². The quantitative estimate of drug-likeness (QED) is 0.578. The average Bonchev–Trinajstić information content (AvgIpc) is 2.76. The second-order valence-electron chi connectivity index (χ2n) is 7.48. The van der Waals surface area contributed by atoms with Crippen molar-refractivity contribution in [1.29, 1.82) is 0 Å². The molecule has 0 heterocycles. The van der Waals surface area contributed by atoms with Gasteiger partial charge in [0.05, 0.1) is 30.8 Å². The molecule has 0 unspecified atom stereocenters. The first-order valence-electron chi connectivity index (χ1n) is 9.89. The van der Waals surface area contributed by atoms with Crippen LogP contribution in [0.5, 0.6) is 5.75 Å². The molecule has 0 radical (unpaired) electrons. The van der Waals surface area contributed by atoms with Gasteiger partial charge in [-0.1, -0.05) is 36.4 Å². The van der Waals surface area contributed by atoms with Gasteiger partial charge in [-0.2, -0.15) is 13.2 Å². The Morgan fingerprint density at radius 3 is 2.38 bits per heavy atom. The van der Waals surface area contributed by atoms with Crippen molar-refractivity contribution in [2.45, 2.75) is 19.0 Å². The van der Waals surface area contributed by atoms with Gasteiger partial charge in [0.15, 0.2) is 0 Å². The van der Waals surface area contributed by atoms with Gasteiger partial charge >= 0.3 is 6.18 Å². The first-order chi connectivity index (χ1) is 15.1. The zero-order chi connectivity index (χ0) is 23.5. The van der Waals surface area contributed by atoms with E-state index in [9.17, 15) is 22.8 Å². The summed E-state index contributed by atoms with van der Waals surface area (Å²) in [6.07, 6.45) is -4.60. The number of hydrogen-bond donors (Lipinski definition) is 1. The van der Waals surface area contributed by atoms with Crippen LogP contribution >= 0.6 is 0 Å². The van der Waals surface area contributed by atoms with Crippen LogP contribution in [-0.4, -0.2) is 37.4 Å². The Hall–Kier alpha value is -3.55. The summed E-state index contributed by atoms with van der Waals surface area (Å²) in [5.41, 5.74) is -0.519. The Bertz CT molecular complexity index is 1140. The van der Waals surface area contributed by atoms with E-state index in [0.29, 0.717) is 0 Å². The summed E-state index contributed by atoms with van der Waals surface area (Å²) >= 11 is 0. The van der Waals surface area contributed by atoms with Crippen LogP contribution < -0.4 is 10.1 Å². The van der Waals surface area contributed by atoms with Crippen molar-refractivity contribution in [2.24, 2.45) is 0 Å². The minimum atomic E-state index is -4.60. The molecule has 1 atom stereocenters. The first kappa shape index (κ1) is 23.1. The van der Waals surface area contributed by atoms with Crippen LogP contribution in [0.15, 0.2) is 60.7 Å². The van der Waals surface area contributed by atoms with Crippen LogP contribution in [0.1, 0.15) is 24.0 Å². The van der Waals surface area contributed by atoms with Gasteiger partial charge in [0.2, 0.25) is 11.8 Å². The summed E-state index contributed by atoms with van der Waals surface area (Å²) in [6.45, 7) is 1.35. The number of fused-ring (bicyclic) bond motifs is 1. The molecule has 3 rings (SSSR count). The highest BCUT2D eigenvalue weighted by atomic mass is 19.4. The number of nitrogens with zero attached hydrogens (tertiary/aromatic N) is 1. The van der Waals surface area contributed by atoms with Gasteiger partial charge in [-0.25, -0.2) is 0 Å². The molecule has 2 amide bonds. The second kappa shape index (κ2) is 9.30. The molecule has 0 fully saturated rings. The van der Waals surface area contributed by atoms with Gasteiger partial charge in [-0.05, 0) is 47.5 Å². The van der Waals surface area contributed by atoms with Crippen molar-refractivity contribution >= 4 is 28.3 Å². The minimum Gasteiger partial charge on any atom is -0.497 e. The molecular weight excluding hydrogens is 421 g/mol. The molecule has 32 heavy (non-hydrogen) atoms. The van der Waals surface area contributed by atoms with Gasteiger partial charge < -0.3 is 15.0 Å². The fourth-order valence-electron chi connectivity index (χ4n) is 3.43. The molecule has 0 aliphatic carbocycles. The zero-order valence-corrected chi connectivity index (χ0v) is 17.9. The number of alkyl halides is 3. The van der Waals surface area contributed by atoms with E-state index < -0.39 is 23.6 Å². The lowest BCUT2D eigenvalue weighted by atomic mass is 9.96. The van der Waals surface area contributed by atoms with E-state index in [1.807, 2.05) is 36.4 Å². The van der Waals surface area contributed by atoms with E-state index in [1.54, 1.807) is 14.0 Å². The summed E-state index contributed by atoms with van der Waals surface area (Å²) in [4.78, 5) is 26.4. The number of amides is 2. The summed E-state index contributed by atoms with van der Waals surface area (Å²) in [6, 6.07) is 15.9. The maximum absolute atomic E-state index is 13.1. The molecule has 0 bridgehead atoms. The van der Waals surface area contributed by atoms with Crippen LogP contribution in [-0.2, 0) is 15.8 Å². The number of benzene rings is 3. The predicted octanol–water partition coefficient (Wildman–Crippen LogP) is 5.07. The minimum absolute atomic E-state index is 0.322. The molecule has 5 nitrogen and oxygen atoms in total. The van der Waals surface area contributed by atoms with Crippen molar-refractivity contribution in [3.63, 3.8) is 0 Å². The molecule has 0 saturated carbocycles. The fourth-order valence-corrected chi connectivity index (χ4v) is 3.43. The van der Waals surface area contributed by atoms with Crippen molar-refractivity contribution < 1.29 is 27.5 Å². The summed E-state index contributed by atoms with van der Waals surface area (Å²) in [5.74, 6) is -0.846. The van der Waals surface area contributed by atoms with Gasteiger partial charge in [0.25, 0.3) is 0 Å². The third-order valence-electron chi connectivity index (χ3n) is 5.21. The highest BCUT2D eigenvalue weighted by Crippen LogP contribution is 2.34. The highest BCUT2D eigenvalue weighted by Gasteiger charge is 2.33. The molecule has 8 heteroatoms. The van der Waals surface area contributed by atoms with Gasteiger partial charge in [0, 0.05) is 7.05 Å². The standard InChI is InChI=1S/C24H23F3N2O3/c1-15(16-8-9-18-13-19(32-3)11-10-17(18)12-16)23(31)29(2)14-22(30)28-21-7-5-4-6-20(21)24(25,26)27/h4-13,15H,14H2,1-3H3,(H,28,30)/t15-/m0/s1. The van der Waals surface area contributed by atoms with Gasteiger partial charge in [-0.3, -0.25) is 9.59 Å². The number of para-hydroxylation sites is 1. The SMILES string of the molecule is COc1ccc2cc([C@H](C)C(=O)N(C)CC(=O)Nc3ccccc3C(F)(F)F)ccc2c1. The Labute approximate surface area is 183 Å². The maximum Gasteiger partial charge on any atom is 0.418 e. The van der Waals surface area contributed by atoms with Crippen LogP contribution in [0.25, 0.3) is 10.8 Å². The number of carbonyl (C=O) groups is 2. The molecule has 1 N–H and O–H groups in total. The van der Waals surface area contributed by atoms with Crippen molar-refractivity contribution in [3.8, 4) is 5.75 Å². The van der Waals surface area contributed by atoms with E-state index in [4.69, 9.17) is 4.74 Å². The number of likely N-dealkylation sites (N-methyl/N-ethyl adjacent to an activating group) is 1. The van der Waals surface area contributed by atoms with E-state index >= 15 is 0 Å². The number of methoxy groups -OCH3 is 1. The summed E-state index contributed by atoms with van der Waals surface area (Å²) in [7, 11) is 3.03. The number of carbonyl (C=O) groups excluding carboxylic acids is 2. The number of rotatable bonds is 6. The first-order valence-corrected chi connectivity index (χ1v) is 9.89. The number of nitrogens with one attached hydrogen (secondary N) is 1. The van der Waals surface area contributed by atoms with Crippen molar-refractivity contribution in [3.05, 3.63) is 71.8 Å². The Morgan fingerprint density at radius 2 is 1.69 bits per heavy atom. The third-order valence-corrected chi connectivity index (χ3v) is 5.21. The van der Waals surface area contributed by atoms with Gasteiger partial charge in [0.1, 0.15) is 5.75 Å². The fraction of sp³-hybridized carbons (Fsp3) is 0.250. The van der Waals surface area contributed by atoms with E-state index in [1.165, 1.54) is 30.1 Å².